The van der Waals surface area contributed by atoms with Gasteiger partial charge in [-0.1, -0.05) is 0 Å². The summed E-state index contributed by atoms with van der Waals surface area (Å²) in [5, 5.41) is 25.0. The second-order valence-electron chi connectivity index (χ2n) is 6.65. The van der Waals surface area contributed by atoms with Crippen LogP contribution in [0.4, 0.5) is 0 Å². The van der Waals surface area contributed by atoms with Crippen LogP contribution in [0.2, 0.25) is 0 Å². The van der Waals surface area contributed by atoms with E-state index in [1.165, 1.54) is 6.92 Å². The number of nitrogens with two attached hydrogens (primary N) is 3. The average molecular weight is 465 g/mol. The molecule has 5 unspecified atom stereocenters. The molecule has 0 aromatic carbocycles. The van der Waals surface area contributed by atoms with Crippen molar-refractivity contribution in [1.29, 1.82) is 0 Å². The van der Waals surface area contributed by atoms with E-state index in [4.69, 9.17) is 22.3 Å². The normalized spacial score (nSPS) is 15.5. The molecule has 14 nitrogen and oxygen atoms in total. The fourth-order valence-electron chi connectivity index (χ4n) is 2.18. The zero-order valence-corrected chi connectivity index (χ0v) is 17.6. The number of nitrogens with one attached hydrogen (secondary N) is 3. The van der Waals surface area contributed by atoms with Crippen molar-refractivity contribution >= 4 is 48.1 Å². The summed E-state index contributed by atoms with van der Waals surface area (Å²) in [6.07, 6.45) is -2.43. The first-order valence-corrected chi connectivity index (χ1v) is 9.68. The molecule has 15 heteroatoms. The number of aliphatic carboxylic acids is 1. The van der Waals surface area contributed by atoms with Crippen molar-refractivity contribution in [2.75, 3.05) is 5.75 Å². The molecule has 0 spiro atoms. The van der Waals surface area contributed by atoms with E-state index in [-0.39, 0.29) is 18.6 Å². The van der Waals surface area contributed by atoms with Gasteiger partial charge in [-0.05, 0) is 13.3 Å². The Kier molecular flexibility index (Phi) is 12.1. The van der Waals surface area contributed by atoms with Crippen LogP contribution in [0.1, 0.15) is 26.2 Å². The van der Waals surface area contributed by atoms with Crippen LogP contribution >= 0.6 is 12.6 Å². The summed E-state index contributed by atoms with van der Waals surface area (Å²) >= 11 is 3.93. The Bertz CT molecular complexity index is 704. The van der Waals surface area contributed by atoms with Gasteiger partial charge in [-0.15, -0.1) is 0 Å². The van der Waals surface area contributed by atoms with E-state index in [0.29, 0.717) is 0 Å². The fourth-order valence-corrected chi connectivity index (χ4v) is 2.44. The van der Waals surface area contributed by atoms with Crippen LogP contribution in [0.15, 0.2) is 0 Å². The number of primary amides is 2. The molecular weight excluding hydrogens is 436 g/mol. The van der Waals surface area contributed by atoms with Crippen molar-refractivity contribution in [2.24, 2.45) is 17.2 Å². The third-order valence-electron chi connectivity index (χ3n) is 3.97. The highest BCUT2D eigenvalue weighted by atomic mass is 32.1. The highest BCUT2D eigenvalue weighted by Crippen LogP contribution is 2.02. The van der Waals surface area contributed by atoms with Crippen LogP contribution < -0.4 is 33.2 Å². The molecule has 0 aliphatic rings. The van der Waals surface area contributed by atoms with E-state index < -0.39 is 72.2 Å². The zero-order chi connectivity index (χ0) is 24.3. The van der Waals surface area contributed by atoms with Crippen LogP contribution in [-0.2, 0) is 28.8 Å². The number of carboxylic acid groups (broad SMARTS) is 1. The van der Waals surface area contributed by atoms with Gasteiger partial charge in [0.15, 0.2) is 0 Å². The SMILES string of the molecule is CC(O)C(N)C(=O)NC(CCC(N)=O)C(=O)NC(CS)C(=O)NC(CC(N)=O)C(=O)O. The van der Waals surface area contributed by atoms with E-state index in [0.717, 1.165) is 0 Å². The summed E-state index contributed by atoms with van der Waals surface area (Å²) in [6, 6.07) is -5.69. The number of aliphatic hydroxyl groups is 1. The summed E-state index contributed by atoms with van der Waals surface area (Å²) < 4.78 is 0. The van der Waals surface area contributed by atoms with Gasteiger partial charge in [0.1, 0.15) is 24.2 Å². The molecule has 11 N–H and O–H groups in total. The summed E-state index contributed by atoms with van der Waals surface area (Å²) in [4.78, 5) is 70.1. The van der Waals surface area contributed by atoms with Crippen molar-refractivity contribution in [1.82, 2.24) is 16.0 Å². The van der Waals surface area contributed by atoms with Gasteiger partial charge in [0, 0.05) is 12.2 Å². The molecule has 0 aromatic rings. The van der Waals surface area contributed by atoms with Crippen molar-refractivity contribution in [3.05, 3.63) is 0 Å². The molecule has 0 aromatic heterocycles. The third-order valence-corrected chi connectivity index (χ3v) is 4.34. The van der Waals surface area contributed by atoms with Crippen molar-refractivity contribution in [3.63, 3.8) is 0 Å². The molecule has 0 rings (SSSR count). The van der Waals surface area contributed by atoms with Crippen LogP contribution in [0.5, 0.6) is 0 Å². The number of aliphatic hydroxyl groups excluding tert-OH is 1. The summed E-state index contributed by atoms with van der Waals surface area (Å²) in [7, 11) is 0. The Labute approximate surface area is 183 Å². The van der Waals surface area contributed by atoms with Gasteiger partial charge < -0.3 is 43.4 Å². The number of carboxylic acids is 1. The molecule has 5 amide bonds. The maximum Gasteiger partial charge on any atom is 0.326 e. The lowest BCUT2D eigenvalue weighted by molar-refractivity contribution is -0.143. The minimum Gasteiger partial charge on any atom is -0.480 e. The molecule has 0 heterocycles. The smallest absolute Gasteiger partial charge is 0.326 e. The standard InChI is InChI=1S/C16H28N6O8S/c1-6(23)12(19)15(28)20-7(2-3-10(17)24)13(26)22-9(5-31)14(27)21-8(16(29)30)4-11(18)25/h6-9,12,23,31H,2-5,19H2,1H3,(H2,17,24)(H2,18,25)(H,20,28)(H,21,27)(H,22,26)(H,29,30). The van der Waals surface area contributed by atoms with Crippen molar-refractivity contribution in [3.8, 4) is 0 Å². The number of thiol groups is 1. The molecular formula is C16H28N6O8S. The Morgan fingerprint density at radius 1 is 0.871 bits per heavy atom. The largest absolute Gasteiger partial charge is 0.480 e. The van der Waals surface area contributed by atoms with Crippen molar-refractivity contribution in [2.45, 2.75) is 56.5 Å². The lowest BCUT2D eigenvalue weighted by atomic mass is 10.1. The van der Waals surface area contributed by atoms with E-state index >= 15 is 0 Å². The molecule has 0 bridgehead atoms. The predicted octanol–water partition coefficient (Wildman–Crippen LogP) is -4.70. The second-order valence-corrected chi connectivity index (χ2v) is 7.01. The van der Waals surface area contributed by atoms with E-state index in [2.05, 4.69) is 23.3 Å². The van der Waals surface area contributed by atoms with Gasteiger partial charge in [-0.2, -0.15) is 12.6 Å². The van der Waals surface area contributed by atoms with Crippen LogP contribution in [0.25, 0.3) is 0 Å². The first-order chi connectivity index (χ1) is 14.3. The Morgan fingerprint density at radius 2 is 1.35 bits per heavy atom. The summed E-state index contributed by atoms with van der Waals surface area (Å²) in [6.45, 7) is 1.26. The lowest BCUT2D eigenvalue weighted by Crippen LogP contribution is -2.58. The molecule has 0 saturated heterocycles. The Balaban J connectivity index is 5.32. The first-order valence-electron chi connectivity index (χ1n) is 9.05. The summed E-state index contributed by atoms with van der Waals surface area (Å²) in [5.74, 6) is -6.30. The van der Waals surface area contributed by atoms with Gasteiger partial charge in [-0.3, -0.25) is 24.0 Å². The number of amides is 5. The fraction of sp³-hybridized carbons (Fsp3) is 0.625. The van der Waals surface area contributed by atoms with Gasteiger partial charge in [-0.25, -0.2) is 4.79 Å². The number of rotatable bonds is 14. The lowest BCUT2D eigenvalue weighted by Gasteiger charge is -2.24. The maximum atomic E-state index is 12.6. The quantitative estimate of drug-likeness (QED) is 0.112. The monoisotopic (exact) mass is 464 g/mol. The second kappa shape index (κ2) is 13.4. The minimum absolute atomic E-state index is 0.236. The highest BCUT2D eigenvalue weighted by Gasteiger charge is 2.31. The number of hydrogen-bond donors (Lipinski definition) is 9. The topological polar surface area (TPSA) is 257 Å². The van der Waals surface area contributed by atoms with E-state index in [1.54, 1.807) is 0 Å². The Morgan fingerprint density at radius 3 is 1.77 bits per heavy atom. The predicted molar refractivity (Wildman–Crippen MR) is 109 cm³/mol. The molecule has 5 atom stereocenters. The van der Waals surface area contributed by atoms with Gasteiger partial charge >= 0.3 is 5.97 Å². The third kappa shape index (κ3) is 10.6. The van der Waals surface area contributed by atoms with E-state index in [1.807, 2.05) is 5.32 Å². The number of hydrogen-bond acceptors (Lipinski definition) is 9. The summed E-state index contributed by atoms with van der Waals surface area (Å²) in [5.41, 5.74) is 15.5. The number of carbonyl (C=O) groups is 6. The van der Waals surface area contributed by atoms with Crippen LogP contribution in [0, 0.1) is 0 Å². The Hall–Kier alpha value is -2.91. The molecule has 0 aliphatic carbocycles. The first kappa shape index (κ1) is 28.1. The molecule has 0 radical (unpaired) electrons. The average Bonchev–Trinajstić information content (AvgIpc) is 2.66. The molecule has 0 fully saturated rings. The zero-order valence-electron chi connectivity index (χ0n) is 16.7. The van der Waals surface area contributed by atoms with Gasteiger partial charge in [0.2, 0.25) is 29.5 Å². The van der Waals surface area contributed by atoms with Gasteiger partial charge in [0.25, 0.3) is 0 Å². The molecule has 31 heavy (non-hydrogen) atoms. The molecule has 0 aliphatic heterocycles. The molecule has 0 saturated carbocycles. The van der Waals surface area contributed by atoms with Crippen LogP contribution in [0.3, 0.4) is 0 Å². The van der Waals surface area contributed by atoms with Crippen molar-refractivity contribution < 1.29 is 39.0 Å². The van der Waals surface area contributed by atoms with Crippen LogP contribution in [-0.4, -0.2) is 81.7 Å². The van der Waals surface area contributed by atoms with Gasteiger partial charge in [0.05, 0.1) is 12.5 Å². The number of carbonyl (C=O) groups excluding carboxylic acids is 5. The minimum atomic E-state index is -1.63. The molecule has 176 valence electrons. The van der Waals surface area contributed by atoms with E-state index in [9.17, 15) is 33.9 Å². The highest BCUT2D eigenvalue weighted by molar-refractivity contribution is 7.80. The maximum absolute atomic E-state index is 12.6.